The molecular weight excluding hydrogens is 140 g/mol. The van der Waals surface area contributed by atoms with Gasteiger partial charge in [-0.3, -0.25) is 5.73 Å². The van der Waals surface area contributed by atoms with E-state index in [4.69, 9.17) is 10.5 Å². The summed E-state index contributed by atoms with van der Waals surface area (Å²) in [6.07, 6.45) is 2.67. The van der Waals surface area contributed by atoms with Gasteiger partial charge in [-0.1, -0.05) is 12.6 Å². The summed E-state index contributed by atoms with van der Waals surface area (Å²) >= 11 is 0. The first-order valence-electron chi connectivity index (χ1n) is 3.29. The first-order valence-corrected chi connectivity index (χ1v) is 3.29. The molecule has 0 fully saturated rings. The van der Waals surface area contributed by atoms with Gasteiger partial charge in [0.2, 0.25) is 5.88 Å². The van der Waals surface area contributed by atoms with E-state index in [9.17, 15) is 0 Å². The second-order valence-corrected chi connectivity index (χ2v) is 1.99. The lowest BCUT2D eigenvalue weighted by Crippen LogP contribution is -2.24. The van der Waals surface area contributed by atoms with Crippen molar-refractivity contribution in [1.29, 1.82) is 0 Å². The zero-order valence-corrected chi connectivity index (χ0v) is 6.10. The number of pyridine rings is 1. The Morgan fingerprint density at radius 3 is 3.00 bits per heavy atom. The number of rotatable bonds is 3. The van der Waals surface area contributed by atoms with Crippen LogP contribution < -0.4 is 10.5 Å². The van der Waals surface area contributed by atoms with Gasteiger partial charge >= 0.3 is 0 Å². The Morgan fingerprint density at radius 2 is 2.45 bits per heavy atom. The molecule has 0 bridgehead atoms. The average Bonchev–Trinajstić information content (AvgIpc) is 2.06. The van der Waals surface area contributed by atoms with Gasteiger partial charge in [0.1, 0.15) is 0 Å². The van der Waals surface area contributed by atoms with Crippen LogP contribution in [0.2, 0.25) is 0 Å². The van der Waals surface area contributed by atoms with Crippen LogP contribution in [0, 0.1) is 0 Å². The normalized spacial score (nSPS) is 12.1. The first-order chi connectivity index (χ1) is 5.33. The van der Waals surface area contributed by atoms with Crippen LogP contribution >= 0.6 is 0 Å². The van der Waals surface area contributed by atoms with Crippen LogP contribution in [0.1, 0.15) is 0 Å². The van der Waals surface area contributed by atoms with E-state index in [-0.39, 0.29) is 0 Å². The van der Waals surface area contributed by atoms with Gasteiger partial charge in [-0.25, -0.2) is 4.98 Å². The first kappa shape index (κ1) is 7.75. The third kappa shape index (κ3) is 2.39. The molecule has 11 heavy (non-hydrogen) atoms. The maximum Gasteiger partial charge on any atom is 0.214 e. The van der Waals surface area contributed by atoms with E-state index >= 15 is 0 Å². The summed E-state index contributed by atoms with van der Waals surface area (Å²) in [7, 11) is 0. The van der Waals surface area contributed by atoms with Crippen molar-refractivity contribution in [3.05, 3.63) is 37.1 Å². The SMILES string of the molecule is C=CC(N)Oc1ccccn1. The standard InChI is InChI=1S/C8H10N2O/c1-2-7(9)11-8-5-3-4-6-10-8/h2-7H,1,9H2. The molecule has 3 nitrogen and oxygen atoms in total. The number of nitrogens with two attached hydrogens (primary N) is 1. The molecule has 1 atom stereocenters. The van der Waals surface area contributed by atoms with E-state index in [1.807, 2.05) is 12.1 Å². The van der Waals surface area contributed by atoms with Crippen molar-refractivity contribution in [2.75, 3.05) is 0 Å². The summed E-state index contributed by atoms with van der Waals surface area (Å²) in [4.78, 5) is 3.92. The number of hydrogen-bond donors (Lipinski definition) is 1. The molecule has 0 aliphatic carbocycles. The average molecular weight is 150 g/mol. The van der Waals surface area contributed by atoms with Crippen LogP contribution in [0.3, 0.4) is 0 Å². The monoisotopic (exact) mass is 150 g/mol. The molecule has 1 aromatic heterocycles. The molecule has 58 valence electrons. The molecule has 0 aliphatic heterocycles. The predicted octanol–water partition coefficient (Wildman–Crippen LogP) is 0.931. The van der Waals surface area contributed by atoms with Gasteiger partial charge in [-0.15, -0.1) is 0 Å². The van der Waals surface area contributed by atoms with Gasteiger partial charge in [0, 0.05) is 12.3 Å². The Balaban J connectivity index is 2.57. The Labute approximate surface area is 65.5 Å². The van der Waals surface area contributed by atoms with E-state index < -0.39 is 6.23 Å². The maximum atomic E-state index is 5.42. The second-order valence-electron chi connectivity index (χ2n) is 1.99. The van der Waals surface area contributed by atoms with Crippen molar-refractivity contribution in [3.63, 3.8) is 0 Å². The van der Waals surface area contributed by atoms with Gasteiger partial charge in [-0.05, 0) is 12.1 Å². The Hall–Kier alpha value is -1.35. The third-order valence-corrected chi connectivity index (χ3v) is 1.13. The van der Waals surface area contributed by atoms with E-state index in [1.54, 1.807) is 12.3 Å². The molecule has 0 saturated heterocycles. The predicted molar refractivity (Wildman–Crippen MR) is 43.0 cm³/mol. The van der Waals surface area contributed by atoms with E-state index in [1.165, 1.54) is 6.08 Å². The molecule has 0 spiro atoms. The quantitative estimate of drug-likeness (QED) is 0.515. The molecule has 2 N–H and O–H groups in total. The minimum atomic E-state index is -0.482. The van der Waals surface area contributed by atoms with Gasteiger partial charge in [-0.2, -0.15) is 0 Å². The number of hydrogen-bond acceptors (Lipinski definition) is 3. The summed E-state index contributed by atoms with van der Waals surface area (Å²) < 4.78 is 5.11. The molecule has 0 aliphatic rings. The fourth-order valence-corrected chi connectivity index (χ4v) is 0.604. The summed E-state index contributed by atoms with van der Waals surface area (Å²) in [5.41, 5.74) is 5.42. The molecule has 1 aromatic rings. The van der Waals surface area contributed by atoms with Gasteiger partial charge in [0.25, 0.3) is 0 Å². The molecule has 0 radical (unpaired) electrons. The van der Waals surface area contributed by atoms with E-state index in [2.05, 4.69) is 11.6 Å². The molecule has 0 saturated carbocycles. The van der Waals surface area contributed by atoms with Crippen molar-refractivity contribution in [1.82, 2.24) is 4.98 Å². The van der Waals surface area contributed by atoms with Crippen LogP contribution in [0.15, 0.2) is 37.1 Å². The zero-order valence-electron chi connectivity index (χ0n) is 6.10. The smallest absolute Gasteiger partial charge is 0.214 e. The maximum absolute atomic E-state index is 5.42. The fraction of sp³-hybridized carbons (Fsp3) is 0.125. The highest BCUT2D eigenvalue weighted by atomic mass is 16.5. The van der Waals surface area contributed by atoms with Gasteiger partial charge < -0.3 is 4.74 Å². The number of aromatic nitrogens is 1. The molecule has 1 unspecified atom stereocenters. The largest absolute Gasteiger partial charge is 0.455 e. The highest BCUT2D eigenvalue weighted by molar-refractivity contribution is 5.10. The molecule has 0 amide bonds. The Bertz CT molecular complexity index is 223. The zero-order chi connectivity index (χ0) is 8.10. The van der Waals surface area contributed by atoms with Crippen LogP contribution in [0.4, 0.5) is 0 Å². The molecule has 0 aromatic carbocycles. The van der Waals surface area contributed by atoms with Crippen LogP contribution in [0.5, 0.6) is 5.88 Å². The van der Waals surface area contributed by atoms with Crippen molar-refractivity contribution >= 4 is 0 Å². The lowest BCUT2D eigenvalue weighted by molar-refractivity contribution is 0.248. The second kappa shape index (κ2) is 3.73. The lowest BCUT2D eigenvalue weighted by Gasteiger charge is -2.07. The summed E-state index contributed by atoms with van der Waals surface area (Å²) in [6.45, 7) is 3.48. The van der Waals surface area contributed by atoms with Crippen LogP contribution in [-0.2, 0) is 0 Å². The van der Waals surface area contributed by atoms with Gasteiger partial charge in [0.15, 0.2) is 6.23 Å². The van der Waals surface area contributed by atoms with Crippen molar-refractivity contribution in [2.24, 2.45) is 5.73 Å². The van der Waals surface area contributed by atoms with Crippen LogP contribution in [-0.4, -0.2) is 11.2 Å². The minimum absolute atomic E-state index is 0.482. The Morgan fingerprint density at radius 1 is 1.64 bits per heavy atom. The summed E-state index contributed by atoms with van der Waals surface area (Å²) in [5.74, 6) is 0.514. The van der Waals surface area contributed by atoms with Gasteiger partial charge in [0.05, 0.1) is 0 Å². The summed E-state index contributed by atoms with van der Waals surface area (Å²) in [6, 6.07) is 5.38. The lowest BCUT2D eigenvalue weighted by atomic mass is 10.5. The fourth-order valence-electron chi connectivity index (χ4n) is 0.604. The molecule has 3 heteroatoms. The Kier molecular flexibility index (Phi) is 2.63. The molecule has 1 rings (SSSR count). The highest BCUT2D eigenvalue weighted by Gasteiger charge is 1.97. The van der Waals surface area contributed by atoms with E-state index in [0.29, 0.717) is 5.88 Å². The molecule has 1 heterocycles. The van der Waals surface area contributed by atoms with E-state index in [0.717, 1.165) is 0 Å². The van der Waals surface area contributed by atoms with Crippen molar-refractivity contribution < 1.29 is 4.74 Å². The van der Waals surface area contributed by atoms with Crippen molar-refractivity contribution in [3.8, 4) is 5.88 Å². The van der Waals surface area contributed by atoms with Crippen LogP contribution in [0.25, 0.3) is 0 Å². The molecular formula is C8H10N2O. The number of nitrogens with zero attached hydrogens (tertiary/aromatic N) is 1. The minimum Gasteiger partial charge on any atom is -0.455 e. The topological polar surface area (TPSA) is 48.1 Å². The highest BCUT2D eigenvalue weighted by Crippen LogP contribution is 2.03. The third-order valence-electron chi connectivity index (χ3n) is 1.13. The number of ether oxygens (including phenoxy) is 1. The summed E-state index contributed by atoms with van der Waals surface area (Å²) in [5, 5.41) is 0. The van der Waals surface area contributed by atoms with Crippen molar-refractivity contribution in [2.45, 2.75) is 6.23 Å².